The summed E-state index contributed by atoms with van der Waals surface area (Å²) >= 11 is 3.24. The van der Waals surface area contributed by atoms with Crippen molar-refractivity contribution >= 4 is 29.0 Å². The molecule has 1 unspecified atom stereocenters. The molecule has 1 aliphatic heterocycles. The summed E-state index contributed by atoms with van der Waals surface area (Å²) in [5.41, 5.74) is 2.26. The summed E-state index contributed by atoms with van der Waals surface area (Å²) in [5.74, 6) is 1.26. The lowest BCUT2D eigenvalue weighted by Gasteiger charge is -2.35. The number of fused-ring (bicyclic) bond motifs is 1. The molecule has 8 heteroatoms. The normalized spacial score (nSPS) is 15.9. The first kappa shape index (κ1) is 19.8. The van der Waals surface area contributed by atoms with Gasteiger partial charge in [0.2, 0.25) is 5.91 Å². The Bertz CT molecular complexity index is 998. The molecule has 1 aliphatic rings. The number of thioether (sulfide) groups is 1. The van der Waals surface area contributed by atoms with E-state index in [1.165, 1.54) is 22.2 Å². The van der Waals surface area contributed by atoms with Gasteiger partial charge in [-0.15, -0.1) is 28.1 Å². The molecule has 0 saturated carbocycles. The van der Waals surface area contributed by atoms with Crippen LogP contribution in [0, 0.1) is 0 Å². The third-order valence-corrected chi connectivity index (χ3v) is 7.04. The molecular formula is C21H23N5OS2. The Morgan fingerprint density at radius 2 is 2.17 bits per heavy atom. The maximum absolute atomic E-state index is 13.0. The predicted octanol–water partition coefficient (Wildman–Crippen LogP) is 4.22. The van der Waals surface area contributed by atoms with Gasteiger partial charge >= 0.3 is 0 Å². The first-order valence-electron chi connectivity index (χ1n) is 9.66. The van der Waals surface area contributed by atoms with Crippen molar-refractivity contribution in [2.24, 2.45) is 0 Å². The van der Waals surface area contributed by atoms with Gasteiger partial charge in [0.05, 0.1) is 11.8 Å². The molecule has 3 aromatic rings. The number of aromatic nitrogens is 4. The largest absolute Gasteiger partial charge is 0.335 e. The molecule has 3 aromatic heterocycles. The number of rotatable bonds is 7. The Kier molecular flexibility index (Phi) is 6.10. The van der Waals surface area contributed by atoms with Gasteiger partial charge in [0.25, 0.3) is 0 Å². The van der Waals surface area contributed by atoms with Crippen molar-refractivity contribution in [2.45, 2.75) is 37.5 Å². The summed E-state index contributed by atoms with van der Waals surface area (Å²) in [6, 6.07) is 6.15. The molecule has 6 nitrogen and oxygen atoms in total. The Hall–Kier alpha value is -2.45. The van der Waals surface area contributed by atoms with E-state index in [9.17, 15) is 4.79 Å². The summed E-state index contributed by atoms with van der Waals surface area (Å²) < 4.78 is 1.99. The zero-order valence-electron chi connectivity index (χ0n) is 16.3. The molecule has 0 saturated heterocycles. The second-order valence-electron chi connectivity index (χ2n) is 6.79. The van der Waals surface area contributed by atoms with Crippen LogP contribution in [0.4, 0.5) is 0 Å². The van der Waals surface area contributed by atoms with Gasteiger partial charge in [-0.3, -0.25) is 14.3 Å². The second-order valence-corrected chi connectivity index (χ2v) is 8.73. The molecule has 0 aliphatic carbocycles. The van der Waals surface area contributed by atoms with E-state index in [1.54, 1.807) is 23.7 Å². The van der Waals surface area contributed by atoms with Gasteiger partial charge in [0.15, 0.2) is 11.0 Å². The molecule has 4 rings (SSSR count). The molecular weight excluding hydrogens is 402 g/mol. The average molecular weight is 426 g/mol. The van der Waals surface area contributed by atoms with Crippen LogP contribution in [-0.2, 0) is 17.8 Å². The number of thiophene rings is 1. The van der Waals surface area contributed by atoms with Crippen LogP contribution in [0.2, 0.25) is 0 Å². The van der Waals surface area contributed by atoms with Crippen molar-refractivity contribution in [3.63, 3.8) is 0 Å². The van der Waals surface area contributed by atoms with Crippen molar-refractivity contribution < 1.29 is 4.79 Å². The van der Waals surface area contributed by atoms with E-state index in [1.807, 2.05) is 27.7 Å². The van der Waals surface area contributed by atoms with E-state index in [0.29, 0.717) is 12.3 Å². The van der Waals surface area contributed by atoms with Crippen LogP contribution in [0.25, 0.3) is 11.4 Å². The van der Waals surface area contributed by atoms with Crippen LogP contribution < -0.4 is 0 Å². The lowest BCUT2D eigenvalue weighted by atomic mass is 9.98. The van der Waals surface area contributed by atoms with Crippen molar-refractivity contribution in [1.29, 1.82) is 0 Å². The van der Waals surface area contributed by atoms with E-state index < -0.39 is 0 Å². The lowest BCUT2D eigenvalue weighted by molar-refractivity contribution is -0.131. The van der Waals surface area contributed by atoms with E-state index >= 15 is 0 Å². The van der Waals surface area contributed by atoms with Gasteiger partial charge < -0.3 is 4.90 Å². The minimum Gasteiger partial charge on any atom is -0.335 e. The molecule has 0 bridgehead atoms. The number of nitrogens with zero attached hydrogens (tertiary/aromatic N) is 5. The van der Waals surface area contributed by atoms with Gasteiger partial charge in [-0.25, -0.2) is 0 Å². The molecule has 4 heterocycles. The standard InChI is InChI=1S/C21H23N5OS2/c1-3-11-26-20(15-5-9-22-10-6-15)23-24-21(26)29-14-19(27)25-12-7-18-16(8-13-28-18)17(25)4-2/h3,5-6,8-10,13,17H,1,4,7,11-12,14H2,2H3. The Balaban J connectivity index is 1.50. The van der Waals surface area contributed by atoms with Crippen LogP contribution in [0.1, 0.15) is 29.8 Å². The number of pyridine rings is 1. The van der Waals surface area contributed by atoms with Crippen LogP contribution in [0.3, 0.4) is 0 Å². The van der Waals surface area contributed by atoms with E-state index in [-0.39, 0.29) is 11.9 Å². The molecule has 0 aromatic carbocycles. The van der Waals surface area contributed by atoms with Crippen LogP contribution in [-0.4, -0.2) is 42.9 Å². The van der Waals surface area contributed by atoms with Crippen molar-refractivity contribution in [1.82, 2.24) is 24.6 Å². The van der Waals surface area contributed by atoms with Crippen LogP contribution >= 0.6 is 23.1 Å². The number of hydrogen-bond acceptors (Lipinski definition) is 6. The molecule has 0 radical (unpaired) electrons. The van der Waals surface area contributed by atoms with Gasteiger partial charge in [-0.05, 0) is 42.0 Å². The van der Waals surface area contributed by atoms with E-state index in [4.69, 9.17) is 0 Å². The summed E-state index contributed by atoms with van der Waals surface area (Å²) in [5, 5.41) is 11.5. The second kappa shape index (κ2) is 8.92. The Labute approximate surface area is 178 Å². The van der Waals surface area contributed by atoms with E-state index in [2.05, 4.69) is 40.1 Å². The monoisotopic (exact) mass is 425 g/mol. The van der Waals surface area contributed by atoms with Crippen LogP contribution in [0.5, 0.6) is 0 Å². The first-order valence-corrected chi connectivity index (χ1v) is 11.5. The third-order valence-electron chi connectivity index (χ3n) is 5.09. The highest BCUT2D eigenvalue weighted by Crippen LogP contribution is 2.36. The molecule has 29 heavy (non-hydrogen) atoms. The zero-order chi connectivity index (χ0) is 20.2. The molecule has 0 fully saturated rings. The van der Waals surface area contributed by atoms with E-state index in [0.717, 1.165) is 35.9 Å². The fourth-order valence-corrected chi connectivity index (χ4v) is 5.51. The van der Waals surface area contributed by atoms with Crippen molar-refractivity contribution in [3.05, 3.63) is 59.1 Å². The quantitative estimate of drug-likeness (QED) is 0.419. The fourth-order valence-electron chi connectivity index (χ4n) is 3.75. The lowest BCUT2D eigenvalue weighted by Crippen LogP contribution is -2.40. The minimum absolute atomic E-state index is 0.150. The third kappa shape index (κ3) is 4.00. The smallest absolute Gasteiger partial charge is 0.233 e. The maximum Gasteiger partial charge on any atom is 0.233 e. The topological polar surface area (TPSA) is 63.9 Å². The van der Waals surface area contributed by atoms with Crippen molar-refractivity contribution in [3.8, 4) is 11.4 Å². The zero-order valence-corrected chi connectivity index (χ0v) is 18.0. The fraction of sp³-hybridized carbons (Fsp3) is 0.333. The molecule has 0 spiro atoms. The number of amides is 1. The average Bonchev–Trinajstić information content (AvgIpc) is 3.39. The number of allylic oxidation sites excluding steroid dienone is 1. The SMILES string of the molecule is C=CCn1c(SCC(=O)N2CCc3sccc3C2CC)nnc1-c1ccncc1. The highest BCUT2D eigenvalue weighted by molar-refractivity contribution is 7.99. The summed E-state index contributed by atoms with van der Waals surface area (Å²) in [6.07, 6.45) is 7.16. The summed E-state index contributed by atoms with van der Waals surface area (Å²) in [4.78, 5) is 20.5. The van der Waals surface area contributed by atoms with Crippen LogP contribution in [0.15, 0.2) is 53.8 Å². The van der Waals surface area contributed by atoms with Gasteiger partial charge in [0, 0.05) is 35.9 Å². The number of hydrogen-bond donors (Lipinski definition) is 0. The highest BCUT2D eigenvalue weighted by atomic mass is 32.2. The van der Waals surface area contributed by atoms with Crippen molar-refractivity contribution in [2.75, 3.05) is 12.3 Å². The number of carbonyl (C=O) groups is 1. The highest BCUT2D eigenvalue weighted by Gasteiger charge is 2.30. The summed E-state index contributed by atoms with van der Waals surface area (Å²) in [7, 11) is 0. The molecule has 1 atom stereocenters. The van der Waals surface area contributed by atoms with Gasteiger partial charge in [-0.1, -0.05) is 24.8 Å². The Morgan fingerprint density at radius 1 is 1.34 bits per heavy atom. The molecule has 1 amide bonds. The Morgan fingerprint density at radius 3 is 2.93 bits per heavy atom. The predicted molar refractivity (Wildman–Crippen MR) is 117 cm³/mol. The summed E-state index contributed by atoms with van der Waals surface area (Å²) in [6.45, 7) is 7.36. The first-order chi connectivity index (χ1) is 14.2. The maximum atomic E-state index is 13.0. The van der Waals surface area contributed by atoms with Gasteiger partial charge in [-0.2, -0.15) is 0 Å². The molecule has 0 N–H and O–H groups in total. The minimum atomic E-state index is 0.150. The molecule has 150 valence electrons. The van der Waals surface area contributed by atoms with Gasteiger partial charge in [0.1, 0.15) is 0 Å². The number of carbonyl (C=O) groups excluding carboxylic acids is 1.